The minimum absolute atomic E-state index is 0. The van der Waals surface area contributed by atoms with Crippen molar-refractivity contribution in [2.45, 2.75) is 25.8 Å². The third-order valence-electron chi connectivity index (χ3n) is 4.53. The molecule has 2 aromatic heterocycles. The van der Waals surface area contributed by atoms with E-state index in [4.69, 9.17) is 0 Å². The van der Waals surface area contributed by atoms with Gasteiger partial charge in [-0.2, -0.15) is 0 Å². The molecular formula is C18H27IN6OS2. The van der Waals surface area contributed by atoms with E-state index in [9.17, 15) is 4.79 Å². The summed E-state index contributed by atoms with van der Waals surface area (Å²) >= 11 is 3.16. The maximum atomic E-state index is 12.1. The van der Waals surface area contributed by atoms with Crippen LogP contribution < -0.4 is 20.9 Å². The number of nitrogens with zero attached hydrogens (tertiary/aromatic N) is 3. The quantitative estimate of drug-likeness (QED) is 0.230. The molecule has 3 rings (SSSR count). The zero-order chi connectivity index (χ0) is 19.1. The molecule has 0 bridgehead atoms. The molecular weight excluding hydrogens is 507 g/mol. The topological polar surface area (TPSA) is 81.6 Å². The number of piperidine rings is 1. The SMILES string of the molecule is CN=C(NCCNC(=O)c1scnc1C)NC1CCN(c2cccs2)CC1.I. The van der Waals surface area contributed by atoms with Gasteiger partial charge in [0.2, 0.25) is 0 Å². The van der Waals surface area contributed by atoms with Gasteiger partial charge in [0, 0.05) is 39.3 Å². The Hall–Kier alpha value is -1.40. The molecule has 3 heterocycles. The van der Waals surface area contributed by atoms with E-state index in [1.807, 2.05) is 6.92 Å². The van der Waals surface area contributed by atoms with Crippen molar-refractivity contribution in [3.63, 3.8) is 0 Å². The Morgan fingerprint density at radius 2 is 2.04 bits per heavy atom. The molecule has 0 spiro atoms. The number of nitrogens with one attached hydrogen (secondary N) is 3. The number of carbonyl (C=O) groups is 1. The summed E-state index contributed by atoms with van der Waals surface area (Å²) < 4.78 is 0. The first-order valence-corrected chi connectivity index (χ1v) is 10.9. The van der Waals surface area contributed by atoms with Crippen LogP contribution in [0.15, 0.2) is 28.0 Å². The van der Waals surface area contributed by atoms with E-state index in [2.05, 4.69) is 48.3 Å². The van der Waals surface area contributed by atoms with E-state index in [-0.39, 0.29) is 29.9 Å². The lowest BCUT2D eigenvalue weighted by Crippen LogP contribution is -2.49. The summed E-state index contributed by atoms with van der Waals surface area (Å²) in [6.45, 7) is 5.11. The Kier molecular flexibility index (Phi) is 9.45. The number of guanidine groups is 1. The summed E-state index contributed by atoms with van der Waals surface area (Å²) in [6, 6.07) is 4.70. The standard InChI is InChI=1S/C18H26N6OS2.HI/c1-13-16(27-12-22-13)17(25)20-7-8-21-18(19-2)23-14-5-9-24(10-6-14)15-4-3-11-26-15;/h3-4,11-12,14H,5-10H2,1-2H3,(H,20,25)(H2,19,21,23);1H. The first kappa shape index (κ1) is 22.9. The highest BCUT2D eigenvalue weighted by Crippen LogP contribution is 2.24. The maximum absolute atomic E-state index is 12.1. The van der Waals surface area contributed by atoms with Gasteiger partial charge in [0.15, 0.2) is 5.96 Å². The average molecular weight is 534 g/mol. The molecule has 0 saturated carbocycles. The molecule has 0 radical (unpaired) electrons. The van der Waals surface area contributed by atoms with Gasteiger partial charge in [-0.05, 0) is 37.3 Å². The number of thiazole rings is 1. The van der Waals surface area contributed by atoms with Crippen molar-refractivity contribution in [1.29, 1.82) is 0 Å². The lowest BCUT2D eigenvalue weighted by atomic mass is 10.1. The Bertz CT molecular complexity index is 756. The predicted octanol–water partition coefficient (Wildman–Crippen LogP) is 2.69. The Morgan fingerprint density at radius 3 is 2.64 bits per heavy atom. The van der Waals surface area contributed by atoms with Crippen molar-refractivity contribution in [2.24, 2.45) is 4.99 Å². The van der Waals surface area contributed by atoms with E-state index in [1.165, 1.54) is 16.3 Å². The van der Waals surface area contributed by atoms with Crippen LogP contribution in [-0.2, 0) is 0 Å². The fraction of sp³-hybridized carbons (Fsp3) is 0.500. The molecule has 1 fully saturated rings. The van der Waals surface area contributed by atoms with Crippen LogP contribution in [0.5, 0.6) is 0 Å². The second-order valence-electron chi connectivity index (χ2n) is 6.38. The molecule has 2 aromatic rings. The maximum Gasteiger partial charge on any atom is 0.263 e. The molecule has 154 valence electrons. The van der Waals surface area contributed by atoms with E-state index < -0.39 is 0 Å². The summed E-state index contributed by atoms with van der Waals surface area (Å²) in [6.07, 6.45) is 2.17. The van der Waals surface area contributed by atoms with Crippen LogP contribution in [0.3, 0.4) is 0 Å². The number of hydrogen-bond acceptors (Lipinski definition) is 6. The molecule has 1 saturated heterocycles. The van der Waals surface area contributed by atoms with Gasteiger partial charge in [-0.15, -0.1) is 46.7 Å². The van der Waals surface area contributed by atoms with E-state index in [1.54, 1.807) is 23.9 Å². The summed E-state index contributed by atoms with van der Waals surface area (Å²) in [5, 5.41) is 13.1. The fourth-order valence-corrected chi connectivity index (χ4v) is 4.54. The Morgan fingerprint density at radius 1 is 1.29 bits per heavy atom. The second kappa shape index (κ2) is 11.6. The second-order valence-corrected chi connectivity index (χ2v) is 8.16. The highest BCUT2D eigenvalue weighted by molar-refractivity contribution is 14.0. The van der Waals surface area contributed by atoms with Crippen LogP contribution in [0.25, 0.3) is 0 Å². The van der Waals surface area contributed by atoms with Crippen LogP contribution in [-0.4, -0.2) is 56.1 Å². The molecule has 28 heavy (non-hydrogen) atoms. The van der Waals surface area contributed by atoms with Crippen LogP contribution in [0, 0.1) is 6.92 Å². The average Bonchev–Trinajstić information content (AvgIpc) is 3.36. The number of aryl methyl sites for hydroxylation is 1. The van der Waals surface area contributed by atoms with Gasteiger partial charge >= 0.3 is 0 Å². The molecule has 0 aromatic carbocycles. The first-order valence-electron chi connectivity index (χ1n) is 9.11. The summed E-state index contributed by atoms with van der Waals surface area (Å²) in [4.78, 5) is 23.6. The fourth-order valence-electron chi connectivity index (χ4n) is 3.04. The minimum Gasteiger partial charge on any atom is -0.363 e. The molecule has 1 aliphatic rings. The van der Waals surface area contributed by atoms with Crippen molar-refractivity contribution in [3.05, 3.63) is 33.6 Å². The third-order valence-corrected chi connectivity index (χ3v) is 6.39. The van der Waals surface area contributed by atoms with E-state index >= 15 is 0 Å². The highest BCUT2D eigenvalue weighted by atomic mass is 127. The van der Waals surface area contributed by atoms with Crippen LogP contribution in [0.4, 0.5) is 5.00 Å². The largest absolute Gasteiger partial charge is 0.363 e. The molecule has 7 nitrogen and oxygen atoms in total. The number of carbonyl (C=O) groups excluding carboxylic acids is 1. The molecule has 0 aliphatic carbocycles. The smallest absolute Gasteiger partial charge is 0.263 e. The van der Waals surface area contributed by atoms with Crippen molar-refractivity contribution in [3.8, 4) is 0 Å². The molecule has 0 atom stereocenters. The van der Waals surface area contributed by atoms with E-state index in [0.29, 0.717) is 24.0 Å². The zero-order valence-electron chi connectivity index (χ0n) is 16.1. The number of aliphatic imine (C=N–C) groups is 1. The van der Waals surface area contributed by atoms with Crippen LogP contribution in [0.2, 0.25) is 0 Å². The lowest BCUT2D eigenvalue weighted by molar-refractivity contribution is 0.0957. The number of amides is 1. The van der Waals surface area contributed by atoms with Gasteiger partial charge in [0.05, 0.1) is 16.2 Å². The predicted molar refractivity (Wildman–Crippen MR) is 129 cm³/mol. The van der Waals surface area contributed by atoms with Gasteiger partial charge in [0.1, 0.15) is 4.88 Å². The number of hydrogen-bond donors (Lipinski definition) is 3. The summed E-state index contributed by atoms with van der Waals surface area (Å²) in [5.41, 5.74) is 2.47. The van der Waals surface area contributed by atoms with Crippen LogP contribution in [0.1, 0.15) is 28.2 Å². The van der Waals surface area contributed by atoms with Gasteiger partial charge in [-0.3, -0.25) is 9.79 Å². The van der Waals surface area contributed by atoms with Gasteiger partial charge in [-0.25, -0.2) is 4.98 Å². The Labute approximate surface area is 191 Å². The number of aromatic nitrogens is 1. The van der Waals surface area contributed by atoms with Gasteiger partial charge < -0.3 is 20.9 Å². The normalized spacial score (nSPS) is 15.1. The van der Waals surface area contributed by atoms with Crippen LogP contribution >= 0.6 is 46.7 Å². The van der Waals surface area contributed by atoms with Crippen molar-refractivity contribution in [1.82, 2.24) is 20.9 Å². The number of rotatable bonds is 6. The van der Waals surface area contributed by atoms with Gasteiger partial charge in [-0.1, -0.05) is 0 Å². The van der Waals surface area contributed by atoms with Crippen molar-refractivity contribution < 1.29 is 4.79 Å². The number of thiophene rings is 1. The minimum atomic E-state index is -0.0688. The lowest BCUT2D eigenvalue weighted by Gasteiger charge is -2.33. The highest BCUT2D eigenvalue weighted by Gasteiger charge is 2.20. The summed E-state index contributed by atoms with van der Waals surface area (Å²) in [7, 11) is 1.77. The van der Waals surface area contributed by atoms with Gasteiger partial charge in [0.25, 0.3) is 5.91 Å². The molecule has 10 heteroatoms. The van der Waals surface area contributed by atoms with E-state index in [0.717, 1.165) is 37.6 Å². The third kappa shape index (κ3) is 6.31. The zero-order valence-corrected chi connectivity index (χ0v) is 20.1. The molecule has 0 unspecified atom stereocenters. The molecule has 3 N–H and O–H groups in total. The first-order chi connectivity index (χ1) is 13.2. The monoisotopic (exact) mass is 534 g/mol. The number of anilines is 1. The summed E-state index contributed by atoms with van der Waals surface area (Å²) in [5.74, 6) is 0.716. The Balaban J connectivity index is 0.00000280. The molecule has 1 amide bonds. The van der Waals surface area contributed by atoms with Crippen molar-refractivity contribution >= 4 is 63.5 Å². The van der Waals surface area contributed by atoms with Crippen molar-refractivity contribution in [2.75, 3.05) is 38.1 Å². The number of halogens is 1. The molecule has 1 aliphatic heterocycles.